The van der Waals surface area contributed by atoms with Crippen molar-refractivity contribution in [1.82, 2.24) is 4.90 Å². The lowest BCUT2D eigenvalue weighted by Crippen LogP contribution is -2.41. The lowest BCUT2D eigenvalue weighted by Gasteiger charge is -2.46. The van der Waals surface area contributed by atoms with Crippen molar-refractivity contribution in [2.75, 3.05) is 19.6 Å². The summed E-state index contributed by atoms with van der Waals surface area (Å²) in [7, 11) is 0. The SMILES string of the molecule is CCCC1CCC2(CC1)CCN(CC)CC2. The van der Waals surface area contributed by atoms with Crippen LogP contribution in [0, 0.1) is 11.3 Å². The van der Waals surface area contributed by atoms with Gasteiger partial charge in [-0.2, -0.15) is 0 Å². The summed E-state index contributed by atoms with van der Waals surface area (Å²) in [4.78, 5) is 2.63. The topological polar surface area (TPSA) is 3.24 Å². The van der Waals surface area contributed by atoms with Crippen molar-refractivity contribution in [2.24, 2.45) is 11.3 Å². The maximum absolute atomic E-state index is 2.63. The van der Waals surface area contributed by atoms with Crippen molar-refractivity contribution in [3.63, 3.8) is 0 Å². The molecule has 1 aliphatic carbocycles. The fourth-order valence-corrected chi connectivity index (χ4v) is 3.83. The molecule has 0 bridgehead atoms. The van der Waals surface area contributed by atoms with Gasteiger partial charge in [-0.15, -0.1) is 0 Å². The first-order chi connectivity index (χ1) is 7.78. The molecule has 0 radical (unpaired) electrons. The summed E-state index contributed by atoms with van der Waals surface area (Å²) in [6.45, 7) is 8.64. The van der Waals surface area contributed by atoms with Crippen LogP contribution in [-0.4, -0.2) is 24.5 Å². The number of likely N-dealkylation sites (tertiary alicyclic amines) is 1. The second-order valence-electron chi connectivity index (χ2n) is 6.17. The summed E-state index contributed by atoms with van der Waals surface area (Å²) in [6, 6.07) is 0. The molecule has 0 aromatic carbocycles. The molecule has 16 heavy (non-hydrogen) atoms. The predicted molar refractivity (Wildman–Crippen MR) is 70.6 cm³/mol. The first-order valence-corrected chi connectivity index (χ1v) is 7.50. The third kappa shape index (κ3) is 2.80. The van der Waals surface area contributed by atoms with Crippen LogP contribution in [0.25, 0.3) is 0 Å². The zero-order chi connectivity index (χ0) is 11.4. The molecule has 2 rings (SSSR count). The molecule has 0 N–H and O–H groups in total. The van der Waals surface area contributed by atoms with Crippen molar-refractivity contribution in [3.8, 4) is 0 Å². The molecule has 0 unspecified atom stereocenters. The van der Waals surface area contributed by atoms with E-state index in [2.05, 4.69) is 18.7 Å². The molecule has 1 heterocycles. The lowest BCUT2D eigenvalue weighted by molar-refractivity contribution is 0.0528. The van der Waals surface area contributed by atoms with E-state index in [1.807, 2.05) is 0 Å². The molecule has 1 spiro atoms. The van der Waals surface area contributed by atoms with E-state index in [4.69, 9.17) is 0 Å². The monoisotopic (exact) mass is 223 g/mol. The van der Waals surface area contributed by atoms with E-state index in [0.717, 1.165) is 11.3 Å². The van der Waals surface area contributed by atoms with Crippen LogP contribution < -0.4 is 0 Å². The zero-order valence-electron chi connectivity index (χ0n) is 11.3. The van der Waals surface area contributed by atoms with Gasteiger partial charge in [0.25, 0.3) is 0 Å². The van der Waals surface area contributed by atoms with Crippen LogP contribution in [0.5, 0.6) is 0 Å². The van der Waals surface area contributed by atoms with Gasteiger partial charge in [0.1, 0.15) is 0 Å². The summed E-state index contributed by atoms with van der Waals surface area (Å²) in [6.07, 6.45) is 12.0. The quantitative estimate of drug-likeness (QED) is 0.697. The molecule has 1 nitrogen and oxygen atoms in total. The van der Waals surface area contributed by atoms with E-state index in [1.54, 1.807) is 0 Å². The average Bonchev–Trinajstić information content (AvgIpc) is 2.34. The van der Waals surface area contributed by atoms with Crippen LogP contribution in [0.3, 0.4) is 0 Å². The average molecular weight is 223 g/mol. The standard InChI is InChI=1S/C15H29N/c1-3-5-14-6-8-15(9-7-14)10-12-16(4-2)13-11-15/h14H,3-13H2,1-2H3. The number of hydrogen-bond donors (Lipinski definition) is 0. The predicted octanol–water partition coefficient (Wildman–Crippen LogP) is 4.08. The van der Waals surface area contributed by atoms with Gasteiger partial charge in [0.05, 0.1) is 0 Å². The molecular formula is C15H29N. The van der Waals surface area contributed by atoms with Gasteiger partial charge in [-0.3, -0.25) is 0 Å². The molecule has 1 saturated carbocycles. The minimum atomic E-state index is 0.774. The Morgan fingerprint density at radius 1 is 1.00 bits per heavy atom. The van der Waals surface area contributed by atoms with Crippen LogP contribution in [0.2, 0.25) is 0 Å². The van der Waals surface area contributed by atoms with Crippen molar-refractivity contribution < 1.29 is 0 Å². The van der Waals surface area contributed by atoms with E-state index in [1.165, 1.54) is 71.0 Å². The Balaban J connectivity index is 1.79. The second-order valence-corrected chi connectivity index (χ2v) is 6.17. The summed E-state index contributed by atoms with van der Waals surface area (Å²) >= 11 is 0. The van der Waals surface area contributed by atoms with Gasteiger partial charge in [-0.25, -0.2) is 0 Å². The largest absolute Gasteiger partial charge is 0.304 e. The van der Waals surface area contributed by atoms with Crippen LogP contribution in [-0.2, 0) is 0 Å². The molecule has 1 saturated heterocycles. The molecule has 94 valence electrons. The summed E-state index contributed by atoms with van der Waals surface area (Å²) in [5.41, 5.74) is 0.774. The highest BCUT2D eigenvalue weighted by Crippen LogP contribution is 2.47. The molecule has 0 aromatic rings. The summed E-state index contributed by atoms with van der Waals surface area (Å²) in [5.74, 6) is 1.07. The Morgan fingerprint density at radius 3 is 2.12 bits per heavy atom. The Hall–Kier alpha value is -0.0400. The van der Waals surface area contributed by atoms with Crippen molar-refractivity contribution in [1.29, 1.82) is 0 Å². The molecule has 0 amide bonds. The first-order valence-electron chi connectivity index (χ1n) is 7.50. The fraction of sp³-hybridized carbons (Fsp3) is 1.00. The Morgan fingerprint density at radius 2 is 1.62 bits per heavy atom. The number of rotatable bonds is 3. The molecule has 2 aliphatic rings. The van der Waals surface area contributed by atoms with E-state index < -0.39 is 0 Å². The molecule has 2 fully saturated rings. The molecule has 0 atom stereocenters. The van der Waals surface area contributed by atoms with Gasteiger partial charge in [0, 0.05) is 0 Å². The minimum absolute atomic E-state index is 0.774. The van der Waals surface area contributed by atoms with Crippen LogP contribution in [0.15, 0.2) is 0 Å². The third-order valence-corrected chi connectivity index (χ3v) is 5.23. The van der Waals surface area contributed by atoms with Crippen molar-refractivity contribution in [3.05, 3.63) is 0 Å². The highest BCUT2D eigenvalue weighted by atomic mass is 15.1. The summed E-state index contributed by atoms with van der Waals surface area (Å²) < 4.78 is 0. The Bertz CT molecular complexity index is 193. The van der Waals surface area contributed by atoms with E-state index >= 15 is 0 Å². The maximum Gasteiger partial charge on any atom is -0.00135 e. The second kappa shape index (κ2) is 5.53. The van der Waals surface area contributed by atoms with E-state index in [-0.39, 0.29) is 0 Å². The normalized spacial score (nSPS) is 27.4. The molecule has 1 heteroatoms. The fourth-order valence-electron chi connectivity index (χ4n) is 3.83. The van der Waals surface area contributed by atoms with Gasteiger partial charge in [-0.05, 0) is 69.5 Å². The van der Waals surface area contributed by atoms with E-state index in [0.29, 0.717) is 0 Å². The Labute approximate surface area is 102 Å². The van der Waals surface area contributed by atoms with Crippen LogP contribution in [0.1, 0.15) is 65.2 Å². The first kappa shape index (κ1) is 12.4. The lowest BCUT2D eigenvalue weighted by atomic mass is 9.65. The smallest absolute Gasteiger partial charge is 0.00135 e. The molecule has 0 aromatic heterocycles. The van der Waals surface area contributed by atoms with Crippen molar-refractivity contribution in [2.45, 2.75) is 65.2 Å². The van der Waals surface area contributed by atoms with Gasteiger partial charge >= 0.3 is 0 Å². The van der Waals surface area contributed by atoms with Crippen molar-refractivity contribution >= 4 is 0 Å². The van der Waals surface area contributed by atoms with Gasteiger partial charge in [0.15, 0.2) is 0 Å². The highest BCUT2D eigenvalue weighted by molar-refractivity contribution is 4.89. The van der Waals surface area contributed by atoms with Crippen LogP contribution in [0.4, 0.5) is 0 Å². The van der Waals surface area contributed by atoms with E-state index in [9.17, 15) is 0 Å². The highest BCUT2D eigenvalue weighted by Gasteiger charge is 2.37. The maximum atomic E-state index is 2.63. The minimum Gasteiger partial charge on any atom is -0.304 e. The summed E-state index contributed by atoms with van der Waals surface area (Å²) in [5, 5.41) is 0. The third-order valence-electron chi connectivity index (χ3n) is 5.23. The number of piperidine rings is 1. The number of hydrogen-bond acceptors (Lipinski definition) is 1. The number of nitrogens with zero attached hydrogens (tertiary/aromatic N) is 1. The van der Waals surface area contributed by atoms with Gasteiger partial charge in [0.2, 0.25) is 0 Å². The molecular weight excluding hydrogens is 194 g/mol. The van der Waals surface area contributed by atoms with Gasteiger partial charge in [-0.1, -0.05) is 26.7 Å². The van der Waals surface area contributed by atoms with Crippen LogP contribution >= 0.6 is 0 Å². The Kier molecular flexibility index (Phi) is 4.29. The molecule has 1 aliphatic heterocycles. The van der Waals surface area contributed by atoms with Gasteiger partial charge < -0.3 is 4.90 Å². The zero-order valence-corrected chi connectivity index (χ0v) is 11.3.